The molecular weight excluding hydrogens is 240 g/mol. The summed E-state index contributed by atoms with van der Waals surface area (Å²) in [6, 6.07) is -1.03. The third-order valence-corrected chi connectivity index (χ3v) is 3.28. The Morgan fingerprint density at radius 2 is 2.28 bits per heavy atom. The van der Waals surface area contributed by atoms with Crippen LogP contribution in [0.2, 0.25) is 0 Å². The van der Waals surface area contributed by atoms with Crippen molar-refractivity contribution < 1.29 is 13.5 Å². The van der Waals surface area contributed by atoms with Gasteiger partial charge in [-0.2, -0.15) is 5.10 Å². The molecule has 1 heterocycles. The number of nitrogens with two attached hydrogens (primary N) is 1. The maximum Gasteiger partial charge on any atom is 0.266 e. The molecule has 2 atom stereocenters. The van der Waals surface area contributed by atoms with Gasteiger partial charge >= 0.3 is 0 Å². The summed E-state index contributed by atoms with van der Waals surface area (Å²) in [6.45, 7) is 3.97. The standard InChI is InChI=1S/C12H19F2N3O/c1-8(2)17-7-9(6-16-17)18-10-4-3-5-12(13,14)11(10)15/h6-8,10-11H,3-5,15H2,1-2H3/t10-,11+/m0/s1. The topological polar surface area (TPSA) is 53.1 Å². The molecule has 2 N–H and O–H groups in total. The van der Waals surface area contributed by atoms with E-state index in [-0.39, 0.29) is 12.5 Å². The van der Waals surface area contributed by atoms with E-state index < -0.39 is 18.1 Å². The predicted octanol–water partition coefficient (Wildman–Crippen LogP) is 2.36. The fourth-order valence-electron chi connectivity index (χ4n) is 2.13. The summed E-state index contributed by atoms with van der Waals surface area (Å²) in [7, 11) is 0. The smallest absolute Gasteiger partial charge is 0.266 e. The van der Waals surface area contributed by atoms with Gasteiger partial charge in [0.25, 0.3) is 5.92 Å². The van der Waals surface area contributed by atoms with Crippen molar-refractivity contribution in [2.45, 2.75) is 57.2 Å². The number of alkyl halides is 2. The SMILES string of the molecule is CC(C)n1cc(O[C@H]2CCCC(F)(F)[C@@H]2N)cn1. The van der Waals surface area contributed by atoms with Gasteiger partial charge in [-0.15, -0.1) is 0 Å². The van der Waals surface area contributed by atoms with Crippen LogP contribution >= 0.6 is 0 Å². The van der Waals surface area contributed by atoms with E-state index in [9.17, 15) is 8.78 Å². The monoisotopic (exact) mass is 259 g/mol. The first-order valence-corrected chi connectivity index (χ1v) is 6.24. The van der Waals surface area contributed by atoms with E-state index in [0.717, 1.165) is 0 Å². The van der Waals surface area contributed by atoms with Gasteiger partial charge in [-0.1, -0.05) is 0 Å². The Labute approximate surface area is 105 Å². The Hall–Kier alpha value is -1.17. The first kappa shape index (κ1) is 13.3. The van der Waals surface area contributed by atoms with E-state index in [1.165, 1.54) is 0 Å². The Morgan fingerprint density at radius 3 is 2.89 bits per heavy atom. The number of nitrogens with zero attached hydrogens (tertiary/aromatic N) is 2. The maximum atomic E-state index is 13.5. The van der Waals surface area contributed by atoms with Crippen LogP contribution in [0, 0.1) is 0 Å². The van der Waals surface area contributed by atoms with Crippen molar-refractivity contribution in [3.63, 3.8) is 0 Å². The van der Waals surface area contributed by atoms with Crippen LogP contribution in [0.25, 0.3) is 0 Å². The lowest BCUT2D eigenvalue weighted by Gasteiger charge is -2.35. The molecule has 0 amide bonds. The molecule has 0 radical (unpaired) electrons. The number of hydrogen-bond acceptors (Lipinski definition) is 3. The third-order valence-electron chi connectivity index (χ3n) is 3.28. The van der Waals surface area contributed by atoms with Crippen molar-refractivity contribution in [2.24, 2.45) is 5.73 Å². The minimum Gasteiger partial charge on any atom is -0.485 e. The van der Waals surface area contributed by atoms with Crippen LogP contribution in [0.1, 0.15) is 39.2 Å². The number of hydrogen-bond donors (Lipinski definition) is 1. The van der Waals surface area contributed by atoms with Crippen LogP contribution in [0.3, 0.4) is 0 Å². The zero-order valence-electron chi connectivity index (χ0n) is 10.6. The highest BCUT2D eigenvalue weighted by Crippen LogP contribution is 2.34. The first-order chi connectivity index (χ1) is 8.40. The molecule has 1 aromatic heterocycles. The molecule has 0 saturated heterocycles. The van der Waals surface area contributed by atoms with Crippen molar-refractivity contribution in [2.75, 3.05) is 0 Å². The molecule has 0 aliphatic heterocycles. The minimum atomic E-state index is -2.84. The predicted molar refractivity (Wildman–Crippen MR) is 63.8 cm³/mol. The van der Waals surface area contributed by atoms with Crippen LogP contribution in [-0.2, 0) is 0 Å². The van der Waals surface area contributed by atoms with Gasteiger partial charge in [0.2, 0.25) is 0 Å². The first-order valence-electron chi connectivity index (χ1n) is 6.24. The van der Waals surface area contributed by atoms with Gasteiger partial charge in [0.05, 0.1) is 12.4 Å². The highest BCUT2D eigenvalue weighted by atomic mass is 19.3. The van der Waals surface area contributed by atoms with Crippen LogP contribution in [0.4, 0.5) is 8.78 Å². The van der Waals surface area contributed by atoms with Gasteiger partial charge in [-0.05, 0) is 26.7 Å². The normalized spacial score (nSPS) is 27.4. The number of aromatic nitrogens is 2. The highest BCUT2D eigenvalue weighted by Gasteiger charge is 2.45. The summed E-state index contributed by atoms with van der Waals surface area (Å²) in [5.74, 6) is -2.33. The summed E-state index contributed by atoms with van der Waals surface area (Å²) in [6.07, 6.45) is 3.45. The zero-order chi connectivity index (χ0) is 13.3. The van der Waals surface area contributed by atoms with Crippen LogP contribution in [0.15, 0.2) is 12.4 Å². The summed E-state index contributed by atoms with van der Waals surface area (Å²) in [5.41, 5.74) is 5.57. The summed E-state index contributed by atoms with van der Waals surface area (Å²) < 4.78 is 34.2. The molecule has 1 fully saturated rings. The summed E-state index contributed by atoms with van der Waals surface area (Å²) >= 11 is 0. The number of halogens is 2. The average Bonchev–Trinajstić information content (AvgIpc) is 2.73. The molecule has 0 aromatic carbocycles. The van der Waals surface area contributed by atoms with E-state index in [4.69, 9.17) is 10.5 Å². The van der Waals surface area contributed by atoms with Crippen molar-refractivity contribution in [3.05, 3.63) is 12.4 Å². The van der Waals surface area contributed by atoms with Crippen LogP contribution < -0.4 is 10.5 Å². The van der Waals surface area contributed by atoms with Gasteiger partial charge in [0, 0.05) is 12.5 Å². The Balaban J connectivity index is 2.04. The van der Waals surface area contributed by atoms with Crippen molar-refractivity contribution >= 4 is 0 Å². The van der Waals surface area contributed by atoms with E-state index in [1.54, 1.807) is 17.1 Å². The quantitative estimate of drug-likeness (QED) is 0.906. The lowest BCUT2D eigenvalue weighted by molar-refractivity contribution is -0.0890. The van der Waals surface area contributed by atoms with E-state index in [2.05, 4.69) is 5.10 Å². The van der Waals surface area contributed by atoms with Crippen LogP contribution in [0.5, 0.6) is 5.75 Å². The molecule has 0 unspecified atom stereocenters. The Bertz CT molecular complexity index is 406. The fraction of sp³-hybridized carbons (Fsp3) is 0.750. The molecule has 4 nitrogen and oxygen atoms in total. The van der Waals surface area contributed by atoms with Gasteiger partial charge < -0.3 is 10.5 Å². The second-order valence-corrected chi connectivity index (χ2v) is 5.09. The molecule has 1 aliphatic rings. The van der Waals surface area contributed by atoms with Gasteiger partial charge in [-0.25, -0.2) is 8.78 Å². The van der Waals surface area contributed by atoms with Crippen LogP contribution in [-0.4, -0.2) is 27.8 Å². The minimum absolute atomic E-state index is 0.153. The lowest BCUT2D eigenvalue weighted by atomic mass is 9.89. The molecule has 18 heavy (non-hydrogen) atoms. The number of ether oxygens (including phenoxy) is 1. The van der Waals surface area contributed by atoms with Gasteiger partial charge in [0.1, 0.15) is 12.1 Å². The fourth-order valence-corrected chi connectivity index (χ4v) is 2.13. The lowest BCUT2D eigenvalue weighted by Crippen LogP contribution is -2.54. The van der Waals surface area contributed by atoms with E-state index in [1.807, 2.05) is 13.8 Å². The summed E-state index contributed by atoms with van der Waals surface area (Å²) in [5, 5.41) is 4.11. The largest absolute Gasteiger partial charge is 0.485 e. The maximum absolute atomic E-state index is 13.5. The second-order valence-electron chi connectivity index (χ2n) is 5.09. The van der Waals surface area contributed by atoms with Crippen molar-refractivity contribution in [3.8, 4) is 5.75 Å². The molecule has 6 heteroatoms. The van der Waals surface area contributed by atoms with Crippen molar-refractivity contribution in [1.29, 1.82) is 0 Å². The molecule has 2 rings (SSSR count). The van der Waals surface area contributed by atoms with Gasteiger partial charge in [-0.3, -0.25) is 4.68 Å². The molecule has 1 aliphatic carbocycles. The van der Waals surface area contributed by atoms with Crippen molar-refractivity contribution in [1.82, 2.24) is 9.78 Å². The molecule has 0 spiro atoms. The zero-order valence-corrected chi connectivity index (χ0v) is 10.6. The third kappa shape index (κ3) is 2.63. The van der Waals surface area contributed by atoms with Gasteiger partial charge in [0.15, 0.2) is 5.75 Å². The molecule has 102 valence electrons. The summed E-state index contributed by atoms with van der Waals surface area (Å²) in [4.78, 5) is 0. The Morgan fingerprint density at radius 1 is 1.56 bits per heavy atom. The van der Waals surface area contributed by atoms with E-state index >= 15 is 0 Å². The Kier molecular flexibility index (Phi) is 3.56. The number of rotatable bonds is 3. The molecule has 0 bridgehead atoms. The second kappa shape index (κ2) is 4.84. The average molecular weight is 259 g/mol. The molecule has 1 saturated carbocycles. The van der Waals surface area contributed by atoms with E-state index in [0.29, 0.717) is 18.6 Å². The highest BCUT2D eigenvalue weighted by molar-refractivity contribution is 5.13. The molecule has 1 aromatic rings. The molecular formula is C12H19F2N3O.